The summed E-state index contributed by atoms with van der Waals surface area (Å²) in [4.78, 5) is 11.4. The van der Waals surface area contributed by atoms with Gasteiger partial charge in [0.15, 0.2) is 11.6 Å². The van der Waals surface area contributed by atoms with Crippen LogP contribution in [0.2, 0.25) is 0 Å². The first-order valence-electron chi connectivity index (χ1n) is 8.44. The minimum atomic E-state index is -5.00. The molecule has 31 heavy (non-hydrogen) atoms. The van der Waals surface area contributed by atoms with Gasteiger partial charge in [0.1, 0.15) is 11.6 Å². The van der Waals surface area contributed by atoms with E-state index in [1.807, 2.05) is 0 Å². The Bertz CT molecular complexity index is 1240. The first kappa shape index (κ1) is 22.2. The maximum absolute atomic E-state index is 14.3. The molecule has 0 heterocycles. The molecule has 0 spiro atoms. The van der Waals surface area contributed by atoms with Crippen molar-refractivity contribution in [3.05, 3.63) is 89.5 Å². The number of alkyl halides is 3. The summed E-state index contributed by atoms with van der Waals surface area (Å²) in [7, 11) is -4.99. The highest BCUT2D eigenvalue weighted by Gasteiger charge is 2.37. The van der Waals surface area contributed by atoms with Crippen molar-refractivity contribution in [1.82, 2.24) is 4.72 Å². The lowest BCUT2D eigenvalue weighted by atomic mass is 10.2. The number of nitrogens with one attached hydrogen (secondary N) is 1. The number of ether oxygens (including phenoxy) is 1. The van der Waals surface area contributed by atoms with E-state index in [9.17, 15) is 35.2 Å². The van der Waals surface area contributed by atoms with Gasteiger partial charge in [-0.25, -0.2) is 21.9 Å². The van der Waals surface area contributed by atoms with Crippen molar-refractivity contribution in [1.29, 1.82) is 0 Å². The van der Waals surface area contributed by atoms with E-state index in [-0.39, 0.29) is 5.75 Å². The largest absolute Gasteiger partial charge is 0.453 e. The zero-order chi connectivity index (χ0) is 22.8. The molecule has 0 aliphatic rings. The van der Waals surface area contributed by atoms with Crippen LogP contribution in [0.4, 0.5) is 22.0 Å². The molecule has 3 aromatic rings. The predicted octanol–water partition coefficient (Wildman–Crippen LogP) is 4.89. The molecule has 0 atom stereocenters. The average Bonchev–Trinajstić information content (AvgIpc) is 2.68. The lowest BCUT2D eigenvalue weighted by Gasteiger charge is -2.15. The predicted molar refractivity (Wildman–Crippen MR) is 99.0 cm³/mol. The van der Waals surface area contributed by atoms with E-state index >= 15 is 0 Å². The third-order valence-corrected chi connectivity index (χ3v) is 5.33. The van der Waals surface area contributed by atoms with Crippen LogP contribution in [0, 0.1) is 11.6 Å². The van der Waals surface area contributed by atoms with Gasteiger partial charge >= 0.3 is 6.18 Å². The third kappa shape index (κ3) is 5.00. The van der Waals surface area contributed by atoms with Crippen LogP contribution in [-0.4, -0.2) is 14.3 Å². The van der Waals surface area contributed by atoms with Gasteiger partial charge in [-0.2, -0.15) is 13.2 Å². The Morgan fingerprint density at radius 2 is 1.58 bits per heavy atom. The Morgan fingerprint density at radius 3 is 2.26 bits per heavy atom. The molecule has 0 saturated heterocycles. The molecule has 0 fully saturated rings. The molecule has 1 N–H and O–H groups in total. The van der Waals surface area contributed by atoms with Gasteiger partial charge in [0.25, 0.3) is 15.9 Å². The van der Waals surface area contributed by atoms with Crippen LogP contribution in [0.15, 0.2) is 71.6 Å². The zero-order valence-electron chi connectivity index (χ0n) is 15.3. The minimum Gasteiger partial charge on any atom is -0.453 e. The van der Waals surface area contributed by atoms with Crippen LogP contribution in [0.1, 0.15) is 15.9 Å². The lowest BCUT2D eigenvalue weighted by molar-refractivity contribution is -0.139. The van der Waals surface area contributed by atoms with E-state index in [4.69, 9.17) is 4.74 Å². The highest BCUT2D eigenvalue weighted by atomic mass is 32.2. The Labute approximate surface area is 173 Å². The van der Waals surface area contributed by atoms with Crippen LogP contribution in [-0.2, 0) is 16.2 Å². The number of sulfonamides is 1. The Hall–Kier alpha value is -3.47. The summed E-state index contributed by atoms with van der Waals surface area (Å²) in [6, 6.07) is 10.7. The Kier molecular flexibility index (Phi) is 5.98. The molecule has 0 bridgehead atoms. The molecule has 3 aromatic carbocycles. The summed E-state index contributed by atoms with van der Waals surface area (Å²) in [6.07, 6.45) is -5.00. The highest BCUT2D eigenvalue weighted by Crippen LogP contribution is 2.34. The van der Waals surface area contributed by atoms with E-state index in [0.29, 0.717) is 12.1 Å². The average molecular weight is 457 g/mol. The molecule has 0 aromatic heterocycles. The molecule has 5 nitrogen and oxygen atoms in total. The Balaban J connectivity index is 1.97. The van der Waals surface area contributed by atoms with Gasteiger partial charge in [0.05, 0.1) is 16.0 Å². The maximum Gasteiger partial charge on any atom is 0.417 e. The summed E-state index contributed by atoms with van der Waals surface area (Å²) in [5, 5.41) is 0. The molecule has 1 amide bonds. The van der Waals surface area contributed by atoms with Gasteiger partial charge in [-0.1, -0.05) is 24.3 Å². The molecular weight excluding hydrogens is 445 g/mol. The molecular formula is C20H12F5NO4S. The number of rotatable bonds is 5. The summed E-state index contributed by atoms with van der Waals surface area (Å²) < 4.78 is 98.7. The molecule has 0 aliphatic heterocycles. The second kappa shape index (κ2) is 8.34. The lowest BCUT2D eigenvalue weighted by Crippen LogP contribution is -2.32. The fourth-order valence-corrected chi connectivity index (χ4v) is 3.80. The standard InChI is InChI=1S/C20H12F5NO4S/c21-12-5-3-6-13(11-12)30-18-14(7-4-9-16(18)22)19(27)26-31(28,29)17-10-2-1-8-15(17)20(23,24)25/h1-11H,(H,26,27). The van der Waals surface area contributed by atoms with Crippen molar-refractivity contribution in [3.63, 3.8) is 0 Å². The third-order valence-electron chi connectivity index (χ3n) is 3.94. The summed E-state index contributed by atoms with van der Waals surface area (Å²) in [5.74, 6) is -4.16. The van der Waals surface area contributed by atoms with Crippen LogP contribution in [0.3, 0.4) is 0 Å². The second-order valence-corrected chi connectivity index (χ2v) is 7.76. The summed E-state index contributed by atoms with van der Waals surface area (Å²) in [6.45, 7) is 0. The smallest absolute Gasteiger partial charge is 0.417 e. The number of hydrogen-bond acceptors (Lipinski definition) is 4. The molecule has 3 rings (SSSR count). The van der Waals surface area contributed by atoms with Crippen LogP contribution in [0.5, 0.6) is 11.5 Å². The van der Waals surface area contributed by atoms with Crippen molar-refractivity contribution < 1.29 is 39.9 Å². The van der Waals surface area contributed by atoms with Gasteiger partial charge < -0.3 is 4.74 Å². The van der Waals surface area contributed by atoms with Gasteiger partial charge in [0, 0.05) is 6.07 Å². The van der Waals surface area contributed by atoms with Crippen molar-refractivity contribution in [2.45, 2.75) is 11.1 Å². The van der Waals surface area contributed by atoms with Crippen molar-refractivity contribution in [3.8, 4) is 11.5 Å². The number of carbonyl (C=O) groups excluding carboxylic acids is 1. The van der Waals surface area contributed by atoms with Crippen LogP contribution < -0.4 is 9.46 Å². The number of hydrogen-bond donors (Lipinski definition) is 1. The zero-order valence-corrected chi connectivity index (χ0v) is 16.1. The molecule has 11 heteroatoms. The molecule has 0 radical (unpaired) electrons. The van der Waals surface area contributed by atoms with Gasteiger partial charge in [-0.05, 0) is 36.4 Å². The summed E-state index contributed by atoms with van der Waals surface area (Å²) in [5.41, 5.74) is -2.11. The number of amides is 1. The fraction of sp³-hybridized carbons (Fsp3) is 0.0500. The molecule has 0 unspecified atom stereocenters. The molecule has 0 saturated carbocycles. The van der Waals surface area contributed by atoms with Gasteiger partial charge in [-0.15, -0.1) is 0 Å². The number of carbonyl (C=O) groups is 1. The monoisotopic (exact) mass is 457 g/mol. The quantitative estimate of drug-likeness (QED) is 0.554. The second-order valence-electron chi connectivity index (χ2n) is 6.10. The first-order chi connectivity index (χ1) is 14.5. The van der Waals surface area contributed by atoms with E-state index < -0.39 is 55.5 Å². The SMILES string of the molecule is O=C(NS(=O)(=O)c1ccccc1C(F)(F)F)c1cccc(F)c1Oc1cccc(F)c1. The normalized spacial score (nSPS) is 11.8. The number of halogens is 5. The number of benzene rings is 3. The maximum atomic E-state index is 14.3. The number of para-hydroxylation sites is 1. The van der Waals surface area contributed by atoms with E-state index in [1.165, 1.54) is 16.9 Å². The van der Waals surface area contributed by atoms with E-state index in [1.54, 1.807) is 0 Å². The van der Waals surface area contributed by atoms with Crippen molar-refractivity contribution in [2.75, 3.05) is 0 Å². The van der Waals surface area contributed by atoms with E-state index in [2.05, 4.69) is 0 Å². The first-order valence-corrected chi connectivity index (χ1v) is 9.92. The summed E-state index contributed by atoms with van der Waals surface area (Å²) >= 11 is 0. The van der Waals surface area contributed by atoms with Crippen molar-refractivity contribution in [2.24, 2.45) is 0 Å². The van der Waals surface area contributed by atoms with Crippen LogP contribution in [0.25, 0.3) is 0 Å². The fourth-order valence-electron chi connectivity index (χ4n) is 2.61. The topological polar surface area (TPSA) is 72.5 Å². The molecule has 162 valence electrons. The van der Waals surface area contributed by atoms with E-state index in [0.717, 1.165) is 42.5 Å². The molecule has 0 aliphatic carbocycles. The van der Waals surface area contributed by atoms with Crippen molar-refractivity contribution >= 4 is 15.9 Å². The minimum absolute atomic E-state index is 0.190. The van der Waals surface area contributed by atoms with Gasteiger partial charge in [0.2, 0.25) is 0 Å². The van der Waals surface area contributed by atoms with Gasteiger partial charge in [-0.3, -0.25) is 4.79 Å². The Morgan fingerprint density at radius 1 is 0.903 bits per heavy atom. The highest BCUT2D eigenvalue weighted by molar-refractivity contribution is 7.90. The van der Waals surface area contributed by atoms with Crippen LogP contribution >= 0.6 is 0 Å².